The Kier molecular flexibility index (Phi) is 10.3. The third-order valence-electron chi connectivity index (χ3n) is 5.80. The summed E-state index contributed by atoms with van der Waals surface area (Å²) in [5.74, 6) is 3.15. The van der Waals surface area contributed by atoms with E-state index < -0.39 is 15.5 Å². The minimum atomic E-state index is -0.696. The monoisotopic (exact) mass is 522 g/mol. The second-order valence-corrected chi connectivity index (χ2v) is 9.97. The van der Waals surface area contributed by atoms with Crippen LogP contribution in [0.25, 0.3) is 0 Å². The molecule has 0 atom stereocenters. The quantitative estimate of drug-likeness (QED) is 0.169. The van der Waals surface area contributed by atoms with Crippen LogP contribution in [0.3, 0.4) is 0 Å². The van der Waals surface area contributed by atoms with Gasteiger partial charge in [-0.1, -0.05) is 0 Å². The number of nitrogens with zero attached hydrogens (tertiary/aromatic N) is 5. The van der Waals surface area contributed by atoms with E-state index in [1.54, 1.807) is 11.8 Å². The highest BCUT2D eigenvalue weighted by Gasteiger charge is 2.26. The van der Waals surface area contributed by atoms with Gasteiger partial charge in [0, 0.05) is 38.5 Å². The highest BCUT2D eigenvalue weighted by Crippen LogP contribution is 2.37. The predicted octanol–water partition coefficient (Wildman–Crippen LogP) is 3.20. The number of nitro benzene ring substituents is 2. The molecule has 1 fully saturated rings. The molecule has 1 aliphatic heterocycles. The summed E-state index contributed by atoms with van der Waals surface area (Å²) in [5, 5.41) is 23.1. The van der Waals surface area contributed by atoms with Gasteiger partial charge in [-0.25, -0.2) is 0 Å². The summed E-state index contributed by atoms with van der Waals surface area (Å²) in [7, 11) is 3.96. The number of rotatable bonds is 14. The fourth-order valence-corrected chi connectivity index (χ4v) is 4.90. The van der Waals surface area contributed by atoms with Crippen molar-refractivity contribution in [2.45, 2.75) is 18.7 Å². The molecular formula is C23H34N6O6S. The molecule has 1 aromatic heterocycles. The second-order valence-electron chi connectivity index (χ2n) is 8.87. The number of anilines is 2. The van der Waals surface area contributed by atoms with Crippen molar-refractivity contribution in [2.24, 2.45) is 0 Å². The normalized spacial score (nSPS) is 14.3. The Balaban J connectivity index is 1.68. The van der Waals surface area contributed by atoms with E-state index in [2.05, 4.69) is 4.90 Å². The molecule has 0 spiro atoms. The smallest absolute Gasteiger partial charge is 0.299 e. The number of nitro groups is 2. The minimum Gasteiger partial charge on any atom is -0.464 e. The summed E-state index contributed by atoms with van der Waals surface area (Å²) in [4.78, 5) is 28.1. The fraction of sp³-hybridized carbons (Fsp3) is 0.565. The molecule has 0 unspecified atom stereocenters. The molecule has 1 aliphatic rings. The number of thioether (sulfide) groups is 1. The van der Waals surface area contributed by atoms with Crippen LogP contribution in [0.1, 0.15) is 17.9 Å². The zero-order valence-corrected chi connectivity index (χ0v) is 21.6. The molecule has 0 aliphatic carbocycles. The molecular weight excluding hydrogens is 488 g/mol. The Morgan fingerprint density at radius 3 is 2.42 bits per heavy atom. The third-order valence-corrected chi connectivity index (χ3v) is 6.76. The zero-order valence-electron chi connectivity index (χ0n) is 20.8. The molecule has 13 heteroatoms. The first-order chi connectivity index (χ1) is 17.2. The molecule has 1 saturated heterocycles. The molecule has 12 nitrogen and oxygen atoms in total. The Bertz CT molecular complexity index is 1030. The van der Waals surface area contributed by atoms with Gasteiger partial charge >= 0.3 is 0 Å². The van der Waals surface area contributed by atoms with Crippen molar-refractivity contribution >= 4 is 34.5 Å². The maximum Gasteiger partial charge on any atom is 0.299 e. The number of furan rings is 1. The van der Waals surface area contributed by atoms with E-state index in [9.17, 15) is 20.2 Å². The topological polar surface area (TPSA) is 144 Å². The number of benzene rings is 1. The van der Waals surface area contributed by atoms with Crippen molar-refractivity contribution in [2.75, 3.05) is 76.4 Å². The number of hydrogen-bond donors (Lipinski definition) is 1. The highest BCUT2D eigenvalue weighted by molar-refractivity contribution is 7.98. The average Bonchev–Trinajstić information content (AvgIpc) is 3.27. The molecule has 2 heterocycles. The summed E-state index contributed by atoms with van der Waals surface area (Å²) in [6.07, 6.45) is 0.783. The van der Waals surface area contributed by atoms with E-state index in [1.165, 1.54) is 6.07 Å². The van der Waals surface area contributed by atoms with Crippen LogP contribution < -0.4 is 10.6 Å². The lowest BCUT2D eigenvalue weighted by molar-refractivity contribution is -0.393. The first-order valence-corrected chi connectivity index (χ1v) is 13.0. The largest absolute Gasteiger partial charge is 0.464 e. The van der Waals surface area contributed by atoms with Crippen LogP contribution in [0, 0.1) is 20.2 Å². The van der Waals surface area contributed by atoms with Gasteiger partial charge in [0.05, 0.1) is 41.4 Å². The van der Waals surface area contributed by atoms with Gasteiger partial charge in [0.1, 0.15) is 22.9 Å². The van der Waals surface area contributed by atoms with Crippen molar-refractivity contribution in [3.8, 4) is 0 Å². The standard InChI is InChI=1S/C23H34N6O6S/c1-25(2)16-18-4-5-19(35-18)17-36-13-10-27(7-3-6-26-8-11-34-12-9-26)22-14-20(24)21(28(30)31)15-23(22)29(32)33/h4-5,14-15H,3,6-13,16-17,24H2,1-2H3. The van der Waals surface area contributed by atoms with Gasteiger partial charge in [0.25, 0.3) is 11.4 Å². The number of morpholine rings is 1. The van der Waals surface area contributed by atoms with E-state index in [0.29, 0.717) is 43.5 Å². The van der Waals surface area contributed by atoms with E-state index in [-0.39, 0.29) is 11.4 Å². The Morgan fingerprint density at radius 2 is 1.75 bits per heavy atom. The van der Waals surface area contributed by atoms with Crippen molar-refractivity contribution in [1.29, 1.82) is 0 Å². The Morgan fingerprint density at radius 1 is 1.06 bits per heavy atom. The summed E-state index contributed by atoms with van der Waals surface area (Å²) in [6, 6.07) is 6.25. The summed E-state index contributed by atoms with van der Waals surface area (Å²) in [5.41, 5.74) is 5.35. The molecule has 0 amide bonds. The summed E-state index contributed by atoms with van der Waals surface area (Å²) >= 11 is 1.66. The van der Waals surface area contributed by atoms with Crippen LogP contribution in [0.2, 0.25) is 0 Å². The van der Waals surface area contributed by atoms with Crippen LogP contribution in [-0.2, 0) is 17.0 Å². The van der Waals surface area contributed by atoms with Gasteiger partial charge in [0.2, 0.25) is 0 Å². The van der Waals surface area contributed by atoms with Crippen LogP contribution in [0.5, 0.6) is 0 Å². The minimum absolute atomic E-state index is 0.0876. The van der Waals surface area contributed by atoms with E-state index in [0.717, 1.165) is 50.2 Å². The van der Waals surface area contributed by atoms with E-state index in [4.69, 9.17) is 14.9 Å². The lowest BCUT2D eigenvalue weighted by Crippen LogP contribution is -2.38. The third kappa shape index (κ3) is 8.08. The number of nitrogen functional groups attached to an aromatic ring is 1. The maximum atomic E-state index is 11.8. The SMILES string of the molecule is CN(C)Cc1ccc(CSCCN(CCCN2CCOCC2)c2cc(N)c([N+](=O)[O-])cc2[N+](=O)[O-])o1. The summed E-state index contributed by atoms with van der Waals surface area (Å²) in [6.45, 7) is 5.78. The number of ether oxygens (including phenoxy) is 1. The van der Waals surface area contributed by atoms with Crippen molar-refractivity contribution in [1.82, 2.24) is 9.80 Å². The lowest BCUT2D eigenvalue weighted by atomic mass is 10.1. The fourth-order valence-electron chi connectivity index (χ4n) is 4.05. The van der Waals surface area contributed by atoms with Gasteiger partial charge in [0.15, 0.2) is 0 Å². The average molecular weight is 523 g/mol. The van der Waals surface area contributed by atoms with E-state index >= 15 is 0 Å². The molecule has 2 N–H and O–H groups in total. The second kappa shape index (κ2) is 13.4. The van der Waals surface area contributed by atoms with Crippen molar-refractivity contribution < 1.29 is 19.0 Å². The van der Waals surface area contributed by atoms with Crippen LogP contribution in [0.4, 0.5) is 22.7 Å². The molecule has 198 valence electrons. The van der Waals surface area contributed by atoms with Crippen molar-refractivity contribution in [3.63, 3.8) is 0 Å². The first-order valence-electron chi connectivity index (χ1n) is 11.8. The van der Waals surface area contributed by atoms with Crippen LogP contribution in [0.15, 0.2) is 28.7 Å². The number of nitrogens with two attached hydrogens (primary N) is 1. The Hall–Kier alpha value is -2.87. The first kappa shape index (κ1) is 27.7. The van der Waals surface area contributed by atoms with Crippen molar-refractivity contribution in [3.05, 3.63) is 56.0 Å². The van der Waals surface area contributed by atoms with E-state index in [1.807, 2.05) is 36.0 Å². The van der Waals surface area contributed by atoms with Crippen LogP contribution in [-0.4, -0.2) is 85.4 Å². The van der Waals surface area contributed by atoms with Gasteiger partial charge in [-0.3, -0.25) is 25.1 Å². The molecule has 0 saturated carbocycles. The molecule has 36 heavy (non-hydrogen) atoms. The molecule has 0 radical (unpaired) electrons. The van der Waals surface area contributed by atoms with Gasteiger partial charge in [-0.15, -0.1) is 0 Å². The van der Waals surface area contributed by atoms with Gasteiger partial charge in [-0.05, 0) is 38.7 Å². The predicted molar refractivity (Wildman–Crippen MR) is 141 cm³/mol. The summed E-state index contributed by atoms with van der Waals surface area (Å²) < 4.78 is 11.3. The zero-order chi connectivity index (χ0) is 26.1. The maximum absolute atomic E-state index is 11.8. The van der Waals surface area contributed by atoms with Gasteiger partial charge in [-0.2, -0.15) is 11.8 Å². The van der Waals surface area contributed by atoms with Crippen LogP contribution >= 0.6 is 11.8 Å². The molecule has 1 aromatic carbocycles. The molecule has 0 bridgehead atoms. The Labute approximate surface area is 214 Å². The molecule has 2 aromatic rings. The highest BCUT2D eigenvalue weighted by atomic mass is 32.2. The molecule has 3 rings (SSSR count). The lowest BCUT2D eigenvalue weighted by Gasteiger charge is -2.29. The number of hydrogen-bond acceptors (Lipinski definition) is 11. The van der Waals surface area contributed by atoms with Gasteiger partial charge < -0.3 is 24.7 Å².